The van der Waals surface area contributed by atoms with Gasteiger partial charge in [0.15, 0.2) is 0 Å². The summed E-state index contributed by atoms with van der Waals surface area (Å²) in [5.41, 5.74) is 2.01. The van der Waals surface area contributed by atoms with Gasteiger partial charge in [0.2, 0.25) is 0 Å². The molecule has 2 rings (SSSR count). The molecule has 0 unspecified atom stereocenters. The average Bonchev–Trinajstić information content (AvgIpc) is 2.85. The highest BCUT2D eigenvalue weighted by molar-refractivity contribution is 5.30. The van der Waals surface area contributed by atoms with Crippen molar-refractivity contribution in [2.24, 2.45) is 0 Å². The van der Waals surface area contributed by atoms with Crippen LogP contribution in [0.4, 0.5) is 0 Å². The average molecular weight is 231 g/mol. The summed E-state index contributed by atoms with van der Waals surface area (Å²) in [7, 11) is 1.91. The molecule has 90 valence electrons. The second-order valence-electron chi connectivity index (χ2n) is 3.74. The van der Waals surface area contributed by atoms with Crippen molar-refractivity contribution in [3.8, 4) is 5.69 Å². The number of aromatic nitrogens is 2. The van der Waals surface area contributed by atoms with Crippen LogP contribution < -0.4 is 5.32 Å². The van der Waals surface area contributed by atoms with Crippen molar-refractivity contribution in [2.45, 2.75) is 6.61 Å². The van der Waals surface area contributed by atoms with Crippen molar-refractivity contribution in [3.63, 3.8) is 0 Å². The lowest BCUT2D eigenvalue weighted by Gasteiger charge is -2.01. The number of hydrogen-bond acceptors (Lipinski definition) is 3. The molecular weight excluding hydrogens is 214 g/mol. The molecule has 1 N–H and O–H groups in total. The SMILES string of the molecule is CNCCOCc1ccn(-c2ccccc2)n1. The maximum atomic E-state index is 5.47. The molecule has 0 amide bonds. The van der Waals surface area contributed by atoms with Gasteiger partial charge in [0.1, 0.15) is 0 Å². The van der Waals surface area contributed by atoms with E-state index in [1.165, 1.54) is 0 Å². The molecule has 1 aromatic carbocycles. The molecule has 0 aliphatic heterocycles. The third-order valence-corrected chi connectivity index (χ3v) is 2.41. The van der Waals surface area contributed by atoms with E-state index in [4.69, 9.17) is 4.74 Å². The molecule has 1 heterocycles. The number of rotatable bonds is 6. The monoisotopic (exact) mass is 231 g/mol. The number of hydrogen-bond donors (Lipinski definition) is 1. The van der Waals surface area contributed by atoms with E-state index in [-0.39, 0.29) is 0 Å². The number of ether oxygens (including phenoxy) is 1. The second-order valence-corrected chi connectivity index (χ2v) is 3.74. The first kappa shape index (κ1) is 11.8. The van der Waals surface area contributed by atoms with E-state index in [2.05, 4.69) is 10.4 Å². The number of benzene rings is 1. The lowest BCUT2D eigenvalue weighted by molar-refractivity contribution is 0.121. The molecular formula is C13H17N3O. The van der Waals surface area contributed by atoms with Crippen LogP contribution in [0.5, 0.6) is 0 Å². The Bertz CT molecular complexity index is 439. The minimum Gasteiger partial charge on any atom is -0.374 e. The van der Waals surface area contributed by atoms with Crippen LogP contribution in [-0.4, -0.2) is 30.0 Å². The smallest absolute Gasteiger partial charge is 0.0907 e. The molecule has 0 spiro atoms. The quantitative estimate of drug-likeness (QED) is 0.768. The fourth-order valence-corrected chi connectivity index (χ4v) is 1.51. The van der Waals surface area contributed by atoms with E-state index < -0.39 is 0 Å². The molecule has 17 heavy (non-hydrogen) atoms. The van der Waals surface area contributed by atoms with Crippen LogP contribution in [0.15, 0.2) is 42.6 Å². The summed E-state index contributed by atoms with van der Waals surface area (Å²) in [6.07, 6.45) is 1.95. The van der Waals surface area contributed by atoms with Gasteiger partial charge in [-0.3, -0.25) is 0 Å². The van der Waals surface area contributed by atoms with E-state index >= 15 is 0 Å². The highest BCUT2D eigenvalue weighted by Crippen LogP contribution is 2.07. The molecule has 4 nitrogen and oxygen atoms in total. The molecule has 4 heteroatoms. The Hall–Kier alpha value is -1.65. The molecule has 0 radical (unpaired) electrons. The van der Waals surface area contributed by atoms with Gasteiger partial charge < -0.3 is 10.1 Å². The van der Waals surface area contributed by atoms with E-state index in [1.807, 2.05) is 54.3 Å². The number of para-hydroxylation sites is 1. The number of nitrogens with one attached hydrogen (secondary N) is 1. The predicted molar refractivity (Wildman–Crippen MR) is 67.1 cm³/mol. The minimum atomic E-state index is 0.557. The first-order valence-electron chi connectivity index (χ1n) is 5.72. The van der Waals surface area contributed by atoms with Gasteiger partial charge in [-0.1, -0.05) is 18.2 Å². The Labute approximate surface area is 101 Å². The van der Waals surface area contributed by atoms with Crippen LogP contribution in [0.3, 0.4) is 0 Å². The van der Waals surface area contributed by atoms with Crippen molar-refractivity contribution in [1.29, 1.82) is 0 Å². The van der Waals surface area contributed by atoms with Crippen LogP contribution in [0.25, 0.3) is 5.69 Å². The number of likely N-dealkylation sites (N-methyl/N-ethyl adjacent to an activating group) is 1. The van der Waals surface area contributed by atoms with Gasteiger partial charge in [-0.25, -0.2) is 4.68 Å². The summed E-state index contributed by atoms with van der Waals surface area (Å²) in [5.74, 6) is 0. The van der Waals surface area contributed by atoms with Crippen molar-refractivity contribution in [1.82, 2.24) is 15.1 Å². The van der Waals surface area contributed by atoms with E-state index in [1.54, 1.807) is 0 Å². The molecule has 0 saturated carbocycles. The molecule has 0 aliphatic rings. The molecule has 2 aromatic rings. The van der Waals surface area contributed by atoms with Crippen LogP contribution in [-0.2, 0) is 11.3 Å². The van der Waals surface area contributed by atoms with Gasteiger partial charge in [-0.05, 0) is 25.2 Å². The fourth-order valence-electron chi connectivity index (χ4n) is 1.51. The van der Waals surface area contributed by atoms with E-state index in [9.17, 15) is 0 Å². The lowest BCUT2D eigenvalue weighted by Crippen LogP contribution is -2.14. The van der Waals surface area contributed by atoms with Gasteiger partial charge in [0.05, 0.1) is 24.6 Å². The summed E-state index contributed by atoms with van der Waals surface area (Å²) in [6.45, 7) is 2.12. The normalized spacial score (nSPS) is 10.6. The first-order chi connectivity index (χ1) is 8.40. The Morgan fingerprint density at radius 1 is 1.24 bits per heavy atom. The largest absolute Gasteiger partial charge is 0.374 e. The molecule has 0 fully saturated rings. The van der Waals surface area contributed by atoms with E-state index in [0.29, 0.717) is 13.2 Å². The minimum absolute atomic E-state index is 0.557. The summed E-state index contributed by atoms with van der Waals surface area (Å²) in [5, 5.41) is 7.48. The van der Waals surface area contributed by atoms with Crippen molar-refractivity contribution >= 4 is 0 Å². The summed E-state index contributed by atoms with van der Waals surface area (Å²) >= 11 is 0. The standard InChI is InChI=1S/C13H17N3O/c1-14-8-10-17-11-12-7-9-16(15-12)13-5-3-2-4-6-13/h2-7,9,14H,8,10-11H2,1H3. The number of nitrogens with zero attached hydrogens (tertiary/aromatic N) is 2. The third-order valence-electron chi connectivity index (χ3n) is 2.41. The van der Waals surface area contributed by atoms with E-state index in [0.717, 1.165) is 17.9 Å². The van der Waals surface area contributed by atoms with Crippen molar-refractivity contribution in [3.05, 3.63) is 48.3 Å². The lowest BCUT2D eigenvalue weighted by atomic mass is 10.3. The van der Waals surface area contributed by atoms with Crippen LogP contribution in [0.2, 0.25) is 0 Å². The Balaban J connectivity index is 1.92. The van der Waals surface area contributed by atoms with Gasteiger partial charge in [-0.15, -0.1) is 0 Å². The molecule has 0 atom stereocenters. The van der Waals surface area contributed by atoms with Crippen LogP contribution >= 0.6 is 0 Å². The molecule has 0 aliphatic carbocycles. The maximum absolute atomic E-state index is 5.47. The van der Waals surface area contributed by atoms with Crippen molar-refractivity contribution in [2.75, 3.05) is 20.2 Å². The van der Waals surface area contributed by atoms with Gasteiger partial charge >= 0.3 is 0 Å². The topological polar surface area (TPSA) is 39.1 Å². The predicted octanol–water partition coefficient (Wildman–Crippen LogP) is 1.61. The fraction of sp³-hybridized carbons (Fsp3) is 0.308. The zero-order valence-corrected chi connectivity index (χ0v) is 9.97. The Morgan fingerprint density at radius 2 is 2.06 bits per heavy atom. The Kier molecular flexibility index (Phi) is 4.30. The van der Waals surface area contributed by atoms with Crippen LogP contribution in [0.1, 0.15) is 5.69 Å². The zero-order chi connectivity index (χ0) is 11.9. The highest BCUT2D eigenvalue weighted by atomic mass is 16.5. The van der Waals surface area contributed by atoms with Gasteiger partial charge in [0.25, 0.3) is 0 Å². The van der Waals surface area contributed by atoms with Crippen LogP contribution in [0, 0.1) is 0 Å². The second kappa shape index (κ2) is 6.18. The van der Waals surface area contributed by atoms with Crippen molar-refractivity contribution < 1.29 is 4.74 Å². The first-order valence-corrected chi connectivity index (χ1v) is 5.72. The highest BCUT2D eigenvalue weighted by Gasteiger charge is 2.00. The summed E-state index contributed by atoms with van der Waals surface area (Å²) < 4.78 is 7.33. The summed E-state index contributed by atoms with van der Waals surface area (Å²) in [6, 6.07) is 12.0. The van der Waals surface area contributed by atoms with Gasteiger partial charge in [-0.2, -0.15) is 5.10 Å². The van der Waals surface area contributed by atoms with Gasteiger partial charge in [0, 0.05) is 12.7 Å². The maximum Gasteiger partial charge on any atom is 0.0907 e. The summed E-state index contributed by atoms with van der Waals surface area (Å²) in [4.78, 5) is 0. The molecule has 0 saturated heterocycles. The molecule has 1 aromatic heterocycles. The molecule has 0 bridgehead atoms. The zero-order valence-electron chi connectivity index (χ0n) is 9.97. The third kappa shape index (κ3) is 3.41. The Morgan fingerprint density at radius 3 is 2.82 bits per heavy atom.